The molecule has 1 unspecified atom stereocenters. The molecule has 1 fully saturated rings. The molecule has 0 radical (unpaired) electrons. The number of hydrogen-bond acceptors (Lipinski definition) is 1. The van der Waals surface area contributed by atoms with Crippen molar-refractivity contribution in [2.75, 3.05) is 0 Å². The van der Waals surface area contributed by atoms with E-state index in [0.717, 1.165) is 32.1 Å². The van der Waals surface area contributed by atoms with E-state index in [1.54, 1.807) is 6.92 Å². The molecule has 1 amide bonds. The molecule has 0 aliphatic heterocycles. The van der Waals surface area contributed by atoms with E-state index in [1.807, 2.05) is 19.2 Å². The normalized spacial score (nSPS) is 18.9. The summed E-state index contributed by atoms with van der Waals surface area (Å²) in [6, 6.07) is -0.376. The molecule has 0 aromatic carbocycles. The van der Waals surface area contributed by atoms with Gasteiger partial charge >= 0.3 is 12.1 Å². The minimum atomic E-state index is -4.76. The van der Waals surface area contributed by atoms with Crippen LogP contribution in [0.2, 0.25) is 0 Å². The number of halogens is 3. The van der Waals surface area contributed by atoms with Crippen LogP contribution in [0.3, 0.4) is 0 Å². The minimum Gasteiger partial charge on any atom is -0.346 e. The van der Waals surface area contributed by atoms with E-state index in [4.69, 9.17) is 0 Å². The van der Waals surface area contributed by atoms with Crippen LogP contribution in [0.25, 0.3) is 0 Å². The van der Waals surface area contributed by atoms with Gasteiger partial charge in [0.25, 0.3) is 0 Å². The van der Waals surface area contributed by atoms with Crippen molar-refractivity contribution in [2.24, 2.45) is 5.92 Å². The first kappa shape index (κ1) is 16.3. The van der Waals surface area contributed by atoms with Crippen molar-refractivity contribution in [2.45, 2.75) is 65.1 Å². The SMILES string of the molecule is CC.CC(NC(=O)C(F)(F)F)C1CCCCC1. The largest absolute Gasteiger partial charge is 0.471 e. The molecule has 1 aliphatic carbocycles. The summed E-state index contributed by atoms with van der Waals surface area (Å²) in [7, 11) is 0. The Balaban J connectivity index is 0.00000121. The first-order valence-electron chi connectivity index (χ1n) is 6.29. The third kappa shape index (κ3) is 5.94. The molecule has 0 saturated heterocycles. The Hall–Kier alpha value is -0.740. The first-order chi connectivity index (χ1) is 7.91. The Morgan fingerprint density at radius 2 is 1.65 bits per heavy atom. The van der Waals surface area contributed by atoms with Gasteiger partial charge in [-0.2, -0.15) is 13.2 Å². The van der Waals surface area contributed by atoms with Crippen LogP contribution in [0.5, 0.6) is 0 Å². The molecule has 17 heavy (non-hydrogen) atoms. The maximum atomic E-state index is 12.0. The average molecular weight is 253 g/mol. The van der Waals surface area contributed by atoms with Crippen LogP contribution in [-0.4, -0.2) is 18.1 Å². The van der Waals surface area contributed by atoms with Gasteiger partial charge in [0, 0.05) is 6.04 Å². The van der Waals surface area contributed by atoms with Gasteiger partial charge in [-0.05, 0) is 25.7 Å². The quantitative estimate of drug-likeness (QED) is 0.799. The lowest BCUT2D eigenvalue weighted by atomic mass is 9.84. The number of carbonyl (C=O) groups excluding carboxylic acids is 1. The molecule has 0 aromatic rings. The molecule has 0 spiro atoms. The fraction of sp³-hybridized carbons (Fsp3) is 0.917. The maximum Gasteiger partial charge on any atom is 0.471 e. The Bertz CT molecular complexity index is 222. The molecule has 1 aliphatic rings. The molecule has 2 nitrogen and oxygen atoms in total. The van der Waals surface area contributed by atoms with E-state index in [-0.39, 0.29) is 12.0 Å². The van der Waals surface area contributed by atoms with Crippen LogP contribution in [0, 0.1) is 5.92 Å². The van der Waals surface area contributed by atoms with Crippen molar-refractivity contribution < 1.29 is 18.0 Å². The van der Waals surface area contributed by atoms with E-state index >= 15 is 0 Å². The molecule has 0 heterocycles. The van der Waals surface area contributed by atoms with Gasteiger partial charge in [0.15, 0.2) is 0 Å². The summed E-state index contributed by atoms with van der Waals surface area (Å²) < 4.78 is 35.9. The fourth-order valence-electron chi connectivity index (χ4n) is 2.04. The molecular formula is C12H22F3NO. The van der Waals surface area contributed by atoms with Gasteiger partial charge in [-0.3, -0.25) is 4.79 Å². The van der Waals surface area contributed by atoms with Crippen LogP contribution in [-0.2, 0) is 4.79 Å². The average Bonchev–Trinajstić information content (AvgIpc) is 2.31. The lowest BCUT2D eigenvalue weighted by Gasteiger charge is -2.28. The van der Waals surface area contributed by atoms with Crippen LogP contribution in [0.1, 0.15) is 52.9 Å². The van der Waals surface area contributed by atoms with E-state index in [1.165, 1.54) is 0 Å². The zero-order chi connectivity index (χ0) is 13.5. The number of hydrogen-bond donors (Lipinski definition) is 1. The van der Waals surface area contributed by atoms with Crippen molar-refractivity contribution in [3.05, 3.63) is 0 Å². The van der Waals surface area contributed by atoms with Crippen molar-refractivity contribution in [3.63, 3.8) is 0 Å². The standard InChI is InChI=1S/C10H16F3NO.C2H6/c1-7(8-5-3-2-4-6-8)14-9(15)10(11,12)13;1-2/h7-8H,2-6H2,1H3,(H,14,15);1-2H3. The lowest BCUT2D eigenvalue weighted by Crippen LogP contribution is -2.45. The fourth-order valence-corrected chi connectivity index (χ4v) is 2.04. The highest BCUT2D eigenvalue weighted by molar-refractivity contribution is 5.81. The van der Waals surface area contributed by atoms with E-state index < -0.39 is 12.1 Å². The molecule has 1 saturated carbocycles. The second-order valence-corrected chi connectivity index (χ2v) is 4.16. The number of alkyl halides is 3. The highest BCUT2D eigenvalue weighted by Crippen LogP contribution is 2.27. The third-order valence-electron chi connectivity index (χ3n) is 2.97. The highest BCUT2D eigenvalue weighted by Gasteiger charge is 2.40. The van der Waals surface area contributed by atoms with Crippen molar-refractivity contribution in [1.29, 1.82) is 0 Å². The molecule has 1 N–H and O–H groups in total. The number of amides is 1. The van der Waals surface area contributed by atoms with Gasteiger partial charge in [-0.25, -0.2) is 0 Å². The van der Waals surface area contributed by atoms with Crippen LogP contribution >= 0.6 is 0 Å². The monoisotopic (exact) mass is 253 g/mol. The summed E-state index contributed by atoms with van der Waals surface area (Å²) in [6.45, 7) is 5.65. The summed E-state index contributed by atoms with van der Waals surface area (Å²) >= 11 is 0. The minimum absolute atomic E-state index is 0.199. The molecule has 5 heteroatoms. The van der Waals surface area contributed by atoms with Crippen molar-refractivity contribution in [1.82, 2.24) is 5.32 Å². The molecule has 1 atom stereocenters. The first-order valence-corrected chi connectivity index (χ1v) is 6.29. The van der Waals surface area contributed by atoms with E-state index in [0.29, 0.717) is 0 Å². The zero-order valence-corrected chi connectivity index (χ0v) is 10.7. The predicted octanol–water partition coefficient (Wildman–Crippen LogP) is 3.66. The second-order valence-electron chi connectivity index (χ2n) is 4.16. The number of rotatable bonds is 2. The van der Waals surface area contributed by atoms with Crippen LogP contribution in [0.4, 0.5) is 13.2 Å². The van der Waals surface area contributed by atoms with Gasteiger partial charge in [0.05, 0.1) is 0 Å². The van der Waals surface area contributed by atoms with Gasteiger partial charge in [-0.1, -0.05) is 33.1 Å². The molecule has 0 bridgehead atoms. The Kier molecular flexibility index (Phi) is 7.23. The molecule has 102 valence electrons. The van der Waals surface area contributed by atoms with E-state index in [2.05, 4.69) is 0 Å². The summed E-state index contributed by atoms with van der Waals surface area (Å²) in [6.07, 6.45) is 0.325. The molecule has 1 rings (SSSR count). The van der Waals surface area contributed by atoms with Gasteiger partial charge in [0.1, 0.15) is 0 Å². The second kappa shape index (κ2) is 7.56. The number of carbonyl (C=O) groups is 1. The van der Waals surface area contributed by atoms with Crippen LogP contribution in [0.15, 0.2) is 0 Å². The third-order valence-corrected chi connectivity index (χ3v) is 2.97. The van der Waals surface area contributed by atoms with Gasteiger partial charge in [-0.15, -0.1) is 0 Å². The number of nitrogens with one attached hydrogen (secondary N) is 1. The van der Waals surface area contributed by atoms with Crippen LogP contribution < -0.4 is 5.32 Å². The van der Waals surface area contributed by atoms with Crippen molar-refractivity contribution in [3.8, 4) is 0 Å². The van der Waals surface area contributed by atoms with Gasteiger partial charge in [0.2, 0.25) is 0 Å². The summed E-state index contributed by atoms with van der Waals surface area (Å²) in [5.41, 5.74) is 0. The smallest absolute Gasteiger partial charge is 0.346 e. The maximum absolute atomic E-state index is 12.0. The molecule has 0 aromatic heterocycles. The van der Waals surface area contributed by atoms with E-state index in [9.17, 15) is 18.0 Å². The topological polar surface area (TPSA) is 29.1 Å². The predicted molar refractivity (Wildman–Crippen MR) is 61.6 cm³/mol. The van der Waals surface area contributed by atoms with Gasteiger partial charge < -0.3 is 5.32 Å². The molecular weight excluding hydrogens is 231 g/mol. The Morgan fingerprint density at radius 3 is 2.06 bits per heavy atom. The summed E-state index contributed by atoms with van der Waals surface area (Å²) in [5.74, 6) is -1.62. The highest BCUT2D eigenvalue weighted by atomic mass is 19.4. The van der Waals surface area contributed by atoms with Crippen molar-refractivity contribution >= 4 is 5.91 Å². The lowest BCUT2D eigenvalue weighted by molar-refractivity contribution is -0.174. The Labute approximate surface area is 101 Å². The Morgan fingerprint density at radius 1 is 1.18 bits per heavy atom. The zero-order valence-electron chi connectivity index (χ0n) is 10.7. The summed E-state index contributed by atoms with van der Waals surface area (Å²) in [5, 5.41) is 2.03. The summed E-state index contributed by atoms with van der Waals surface area (Å²) in [4.78, 5) is 10.7.